The van der Waals surface area contributed by atoms with Gasteiger partial charge in [-0.25, -0.2) is 0 Å². The zero-order valence-electron chi connectivity index (χ0n) is 11.2. The molecule has 1 amide bonds. The fourth-order valence-corrected chi connectivity index (χ4v) is 1.74. The molecule has 0 fully saturated rings. The van der Waals surface area contributed by atoms with Crippen molar-refractivity contribution in [3.8, 4) is 0 Å². The fourth-order valence-electron chi connectivity index (χ4n) is 1.74. The van der Waals surface area contributed by atoms with Crippen LogP contribution in [0.5, 0.6) is 0 Å². The Labute approximate surface area is 116 Å². The van der Waals surface area contributed by atoms with Crippen LogP contribution in [-0.4, -0.2) is 34.7 Å². The monoisotopic (exact) mass is 289 g/mol. The highest BCUT2D eigenvalue weighted by Gasteiger charge is 2.32. The molecule has 3 nitrogen and oxygen atoms in total. The number of halogens is 3. The molecular weight excluding hydrogens is 271 g/mol. The highest BCUT2D eigenvalue weighted by Crippen LogP contribution is 2.19. The zero-order chi connectivity index (χ0) is 15.2. The molecule has 0 saturated heterocycles. The van der Waals surface area contributed by atoms with Gasteiger partial charge in [0.1, 0.15) is 6.54 Å². The number of rotatable bonds is 6. The molecule has 1 aromatic carbocycles. The molecule has 0 aliphatic carbocycles. The predicted molar refractivity (Wildman–Crippen MR) is 68.8 cm³/mol. The SMILES string of the molecule is CC(O)CCC(=O)N(Cc1ccccc1)CC(F)(F)F. The van der Waals surface area contributed by atoms with Crippen molar-refractivity contribution in [2.24, 2.45) is 0 Å². The van der Waals surface area contributed by atoms with Crippen LogP contribution in [0.3, 0.4) is 0 Å². The number of aliphatic hydroxyl groups is 1. The summed E-state index contributed by atoms with van der Waals surface area (Å²) >= 11 is 0. The summed E-state index contributed by atoms with van der Waals surface area (Å²) in [6.07, 6.45) is -5.08. The van der Waals surface area contributed by atoms with Crippen molar-refractivity contribution in [3.05, 3.63) is 35.9 Å². The van der Waals surface area contributed by atoms with Crippen molar-refractivity contribution < 1.29 is 23.1 Å². The number of benzene rings is 1. The minimum Gasteiger partial charge on any atom is -0.393 e. The quantitative estimate of drug-likeness (QED) is 0.874. The van der Waals surface area contributed by atoms with Gasteiger partial charge in [0, 0.05) is 13.0 Å². The molecule has 0 saturated carbocycles. The summed E-state index contributed by atoms with van der Waals surface area (Å²) in [4.78, 5) is 12.6. The van der Waals surface area contributed by atoms with Crippen LogP contribution in [0.25, 0.3) is 0 Å². The summed E-state index contributed by atoms with van der Waals surface area (Å²) in [6.45, 7) is 0.137. The number of hydrogen-bond acceptors (Lipinski definition) is 2. The van der Waals surface area contributed by atoms with Crippen LogP contribution in [0.15, 0.2) is 30.3 Å². The molecule has 1 rings (SSSR count). The Balaban J connectivity index is 2.72. The lowest BCUT2D eigenvalue weighted by Gasteiger charge is -2.24. The normalized spacial score (nSPS) is 13.1. The molecule has 0 bridgehead atoms. The van der Waals surface area contributed by atoms with Gasteiger partial charge in [0.25, 0.3) is 0 Å². The van der Waals surface area contributed by atoms with Crippen molar-refractivity contribution in [1.29, 1.82) is 0 Å². The second-order valence-electron chi connectivity index (χ2n) is 4.74. The summed E-state index contributed by atoms with van der Waals surface area (Å²) < 4.78 is 37.6. The summed E-state index contributed by atoms with van der Waals surface area (Å²) in [5, 5.41) is 9.11. The molecule has 0 aromatic heterocycles. The van der Waals surface area contributed by atoms with Gasteiger partial charge in [-0.2, -0.15) is 13.2 Å². The smallest absolute Gasteiger partial charge is 0.393 e. The molecule has 6 heteroatoms. The average Bonchev–Trinajstić information content (AvgIpc) is 2.34. The number of carbonyl (C=O) groups is 1. The third-order valence-electron chi connectivity index (χ3n) is 2.72. The molecule has 0 spiro atoms. The van der Waals surface area contributed by atoms with Crippen LogP contribution in [0.1, 0.15) is 25.3 Å². The van der Waals surface area contributed by atoms with Crippen molar-refractivity contribution in [1.82, 2.24) is 4.90 Å². The second kappa shape index (κ2) is 7.28. The Morgan fingerprint density at radius 2 is 1.90 bits per heavy atom. The van der Waals surface area contributed by atoms with Gasteiger partial charge in [0.2, 0.25) is 5.91 Å². The number of amides is 1. The van der Waals surface area contributed by atoms with Crippen LogP contribution in [0.2, 0.25) is 0 Å². The lowest BCUT2D eigenvalue weighted by Crippen LogP contribution is -2.38. The largest absolute Gasteiger partial charge is 0.406 e. The van der Waals surface area contributed by atoms with E-state index in [0.717, 1.165) is 4.90 Å². The first kappa shape index (κ1) is 16.5. The van der Waals surface area contributed by atoms with E-state index in [1.807, 2.05) is 0 Å². The third-order valence-corrected chi connectivity index (χ3v) is 2.72. The van der Waals surface area contributed by atoms with E-state index in [4.69, 9.17) is 5.11 Å². The highest BCUT2D eigenvalue weighted by atomic mass is 19.4. The van der Waals surface area contributed by atoms with Crippen LogP contribution < -0.4 is 0 Å². The summed E-state index contributed by atoms with van der Waals surface area (Å²) in [6, 6.07) is 8.52. The van der Waals surface area contributed by atoms with Crippen LogP contribution in [0, 0.1) is 0 Å². The molecule has 0 radical (unpaired) electrons. The number of alkyl halides is 3. The van der Waals surface area contributed by atoms with Gasteiger partial charge in [-0.15, -0.1) is 0 Å². The van der Waals surface area contributed by atoms with Gasteiger partial charge in [-0.05, 0) is 18.9 Å². The summed E-state index contributed by atoms with van der Waals surface area (Å²) in [5.41, 5.74) is 0.641. The van der Waals surface area contributed by atoms with Crippen molar-refractivity contribution >= 4 is 5.91 Å². The average molecular weight is 289 g/mol. The Morgan fingerprint density at radius 1 is 1.30 bits per heavy atom. The molecule has 0 aliphatic heterocycles. The lowest BCUT2D eigenvalue weighted by atomic mass is 10.1. The van der Waals surface area contributed by atoms with E-state index in [1.165, 1.54) is 6.92 Å². The van der Waals surface area contributed by atoms with E-state index in [9.17, 15) is 18.0 Å². The zero-order valence-corrected chi connectivity index (χ0v) is 11.2. The molecule has 112 valence electrons. The Hall–Kier alpha value is -1.56. The van der Waals surface area contributed by atoms with Crippen LogP contribution in [-0.2, 0) is 11.3 Å². The molecule has 0 aliphatic rings. The molecule has 1 atom stereocenters. The Morgan fingerprint density at radius 3 is 2.40 bits per heavy atom. The van der Waals surface area contributed by atoms with E-state index in [1.54, 1.807) is 30.3 Å². The maximum atomic E-state index is 12.5. The summed E-state index contributed by atoms with van der Waals surface area (Å²) in [5.74, 6) is -0.605. The van der Waals surface area contributed by atoms with Gasteiger partial charge >= 0.3 is 6.18 Å². The highest BCUT2D eigenvalue weighted by molar-refractivity contribution is 5.76. The van der Waals surface area contributed by atoms with Crippen molar-refractivity contribution in [2.45, 2.75) is 38.6 Å². The first-order chi connectivity index (χ1) is 9.28. The van der Waals surface area contributed by atoms with Gasteiger partial charge < -0.3 is 10.0 Å². The molecule has 1 aromatic rings. The van der Waals surface area contributed by atoms with Gasteiger partial charge in [-0.3, -0.25) is 4.79 Å². The summed E-state index contributed by atoms with van der Waals surface area (Å²) in [7, 11) is 0. The lowest BCUT2D eigenvalue weighted by molar-refractivity contribution is -0.162. The van der Waals surface area contributed by atoms with E-state index in [0.29, 0.717) is 5.56 Å². The molecule has 0 heterocycles. The second-order valence-corrected chi connectivity index (χ2v) is 4.74. The van der Waals surface area contributed by atoms with Gasteiger partial charge in [0.15, 0.2) is 0 Å². The molecule has 20 heavy (non-hydrogen) atoms. The van der Waals surface area contributed by atoms with E-state index >= 15 is 0 Å². The first-order valence-corrected chi connectivity index (χ1v) is 6.34. The Kier molecular flexibility index (Phi) is 6.01. The standard InChI is InChI=1S/C14H18F3NO2/c1-11(19)7-8-13(20)18(10-14(15,16)17)9-12-5-3-2-4-6-12/h2-6,11,19H,7-10H2,1H3. The number of nitrogens with zero attached hydrogens (tertiary/aromatic N) is 1. The van der Waals surface area contributed by atoms with Crippen LogP contribution in [0.4, 0.5) is 13.2 Å². The first-order valence-electron chi connectivity index (χ1n) is 6.34. The van der Waals surface area contributed by atoms with Crippen molar-refractivity contribution in [2.75, 3.05) is 6.54 Å². The predicted octanol–water partition coefficient (Wildman–Crippen LogP) is 2.74. The maximum Gasteiger partial charge on any atom is 0.406 e. The van der Waals surface area contributed by atoms with Gasteiger partial charge in [-0.1, -0.05) is 30.3 Å². The molecular formula is C14H18F3NO2. The molecule has 1 unspecified atom stereocenters. The number of aliphatic hydroxyl groups excluding tert-OH is 1. The van der Waals surface area contributed by atoms with E-state index in [2.05, 4.69) is 0 Å². The van der Waals surface area contributed by atoms with Crippen LogP contribution >= 0.6 is 0 Å². The van der Waals surface area contributed by atoms with Gasteiger partial charge in [0.05, 0.1) is 6.10 Å². The van der Waals surface area contributed by atoms with E-state index < -0.39 is 24.7 Å². The Bertz CT molecular complexity index is 418. The third kappa shape index (κ3) is 6.56. The van der Waals surface area contributed by atoms with Crippen molar-refractivity contribution in [3.63, 3.8) is 0 Å². The minimum absolute atomic E-state index is 0.0843. The fraction of sp³-hybridized carbons (Fsp3) is 0.500. The molecule has 1 N–H and O–H groups in total. The maximum absolute atomic E-state index is 12.5. The topological polar surface area (TPSA) is 40.5 Å². The number of carbonyl (C=O) groups excluding carboxylic acids is 1. The number of hydrogen-bond donors (Lipinski definition) is 1. The minimum atomic E-state index is -4.44. The van der Waals surface area contributed by atoms with E-state index in [-0.39, 0.29) is 19.4 Å².